The summed E-state index contributed by atoms with van der Waals surface area (Å²) in [7, 11) is 0. The number of carbonyl (C=O) groups excluding carboxylic acids is 1. The van der Waals surface area contributed by atoms with Crippen LogP contribution in [-0.2, 0) is 16.8 Å². The van der Waals surface area contributed by atoms with Gasteiger partial charge in [0.05, 0.1) is 23.9 Å². The van der Waals surface area contributed by atoms with Gasteiger partial charge in [0.2, 0.25) is 0 Å². The number of aromatic nitrogens is 3. The topological polar surface area (TPSA) is 91.8 Å². The molecule has 1 heterocycles. The Bertz CT molecular complexity index is 920. The zero-order valence-corrected chi connectivity index (χ0v) is 17.1. The van der Waals surface area contributed by atoms with E-state index in [0.717, 1.165) is 23.6 Å². The number of nitrogens with zero attached hydrogens (tertiary/aromatic N) is 4. The van der Waals surface area contributed by atoms with E-state index in [9.17, 15) is 15.2 Å². The van der Waals surface area contributed by atoms with Crippen LogP contribution in [0.5, 0.6) is 0 Å². The minimum atomic E-state index is -1.04. The number of aliphatic hydroxyl groups is 1. The van der Waals surface area contributed by atoms with Gasteiger partial charge in [0.1, 0.15) is 17.1 Å². The molecule has 0 saturated heterocycles. The van der Waals surface area contributed by atoms with Crippen LogP contribution < -0.4 is 0 Å². The molecule has 6 heteroatoms. The second-order valence-corrected chi connectivity index (χ2v) is 9.26. The van der Waals surface area contributed by atoms with E-state index >= 15 is 0 Å². The highest BCUT2D eigenvalue weighted by molar-refractivity contribution is 5.82. The van der Waals surface area contributed by atoms with Crippen molar-refractivity contribution in [2.75, 3.05) is 0 Å². The molecule has 0 unspecified atom stereocenters. The van der Waals surface area contributed by atoms with Gasteiger partial charge in [-0.15, -0.1) is 5.10 Å². The second kappa shape index (κ2) is 7.72. The fourth-order valence-electron chi connectivity index (χ4n) is 4.94. The van der Waals surface area contributed by atoms with Crippen molar-refractivity contribution in [2.24, 2.45) is 23.7 Å². The average Bonchev–Trinajstić information content (AvgIpc) is 3.44. The first-order valence-corrected chi connectivity index (χ1v) is 10.5. The molecule has 4 atom stereocenters. The van der Waals surface area contributed by atoms with Crippen LogP contribution in [0.1, 0.15) is 57.2 Å². The van der Waals surface area contributed by atoms with E-state index in [1.807, 2.05) is 24.3 Å². The lowest BCUT2D eigenvalue weighted by atomic mass is 9.82. The average molecular weight is 393 g/mol. The maximum Gasteiger partial charge on any atom is 0.137 e. The highest BCUT2D eigenvalue weighted by atomic mass is 16.3. The Hall–Kier alpha value is -2.52. The molecule has 1 aromatic carbocycles. The minimum Gasteiger partial charge on any atom is -0.384 e. The number of benzene rings is 1. The summed E-state index contributed by atoms with van der Waals surface area (Å²) in [5.74, 6) is 1.53. The molecule has 4 rings (SSSR count). The summed E-state index contributed by atoms with van der Waals surface area (Å²) in [6, 6.07) is 10.1. The molecule has 1 N–H and O–H groups in total. The number of hydrogen-bond donors (Lipinski definition) is 1. The van der Waals surface area contributed by atoms with Crippen molar-refractivity contribution >= 4 is 5.78 Å². The van der Waals surface area contributed by atoms with E-state index in [0.29, 0.717) is 30.2 Å². The first-order valence-electron chi connectivity index (χ1n) is 10.5. The summed E-state index contributed by atoms with van der Waals surface area (Å²) in [5.41, 5.74) is 1.33. The molecule has 2 saturated carbocycles. The van der Waals surface area contributed by atoms with Gasteiger partial charge in [-0.05, 0) is 69.1 Å². The molecular weight excluding hydrogens is 364 g/mol. The van der Waals surface area contributed by atoms with E-state index in [2.05, 4.69) is 16.4 Å². The Morgan fingerprint density at radius 2 is 2.07 bits per heavy atom. The van der Waals surface area contributed by atoms with E-state index in [1.165, 1.54) is 19.3 Å². The zero-order valence-electron chi connectivity index (χ0n) is 17.1. The summed E-state index contributed by atoms with van der Waals surface area (Å²) in [6.45, 7) is 3.34. The summed E-state index contributed by atoms with van der Waals surface area (Å²) < 4.78 is 1.62. The Kier molecular flexibility index (Phi) is 5.26. The summed E-state index contributed by atoms with van der Waals surface area (Å²) in [6.07, 6.45) is 7.39. The normalized spacial score (nSPS) is 24.4. The van der Waals surface area contributed by atoms with Gasteiger partial charge in [0.25, 0.3) is 0 Å². The first-order chi connectivity index (χ1) is 13.8. The van der Waals surface area contributed by atoms with E-state index in [4.69, 9.17) is 0 Å². The quantitative estimate of drug-likeness (QED) is 0.778. The third kappa shape index (κ3) is 4.25. The van der Waals surface area contributed by atoms with Crippen molar-refractivity contribution in [2.45, 2.75) is 58.0 Å². The van der Waals surface area contributed by atoms with Crippen LogP contribution in [0.2, 0.25) is 0 Å². The fourth-order valence-corrected chi connectivity index (χ4v) is 4.94. The molecule has 0 amide bonds. The van der Waals surface area contributed by atoms with Crippen LogP contribution in [0.15, 0.2) is 30.5 Å². The van der Waals surface area contributed by atoms with Crippen LogP contribution in [0.25, 0.3) is 5.69 Å². The molecule has 2 aromatic rings. The van der Waals surface area contributed by atoms with Crippen LogP contribution in [-0.4, -0.2) is 25.9 Å². The maximum absolute atomic E-state index is 12.7. The van der Waals surface area contributed by atoms with Gasteiger partial charge in [-0.3, -0.25) is 4.79 Å². The molecule has 152 valence electrons. The lowest BCUT2D eigenvalue weighted by Crippen LogP contribution is -2.23. The molecule has 1 aromatic heterocycles. The smallest absolute Gasteiger partial charge is 0.137 e. The third-order valence-corrected chi connectivity index (χ3v) is 6.59. The summed E-state index contributed by atoms with van der Waals surface area (Å²) in [4.78, 5) is 12.7. The first kappa shape index (κ1) is 19.8. The molecule has 29 heavy (non-hydrogen) atoms. The monoisotopic (exact) mass is 392 g/mol. The van der Waals surface area contributed by atoms with Gasteiger partial charge in [0.15, 0.2) is 0 Å². The summed E-state index contributed by atoms with van der Waals surface area (Å²) >= 11 is 0. The number of rotatable bonds is 7. The van der Waals surface area contributed by atoms with Crippen molar-refractivity contribution in [3.8, 4) is 11.8 Å². The van der Waals surface area contributed by atoms with Crippen molar-refractivity contribution in [3.63, 3.8) is 0 Å². The standard InChI is InChI=1S/C23H28N4O2/c1-23(2,29)22-14-27(26-25-22)19-7-4-15(5-8-19)9-17(13-24)12-21(28)20-11-16-3-6-18(20)10-16/h4-5,7-8,14,16-18,20,29H,3,6,9-12H2,1-2H3/t16-,17-,18+,20+/m1/s1. The number of ketones is 1. The largest absolute Gasteiger partial charge is 0.384 e. The Morgan fingerprint density at radius 1 is 1.31 bits per heavy atom. The molecule has 6 nitrogen and oxygen atoms in total. The highest BCUT2D eigenvalue weighted by Crippen LogP contribution is 2.49. The Balaban J connectivity index is 1.38. The Labute approximate surface area is 171 Å². The summed E-state index contributed by atoms with van der Waals surface area (Å²) in [5, 5.41) is 27.7. The van der Waals surface area contributed by atoms with Crippen LogP contribution in [0.3, 0.4) is 0 Å². The predicted octanol–water partition coefficient (Wildman–Crippen LogP) is 3.57. The van der Waals surface area contributed by atoms with Gasteiger partial charge in [-0.25, -0.2) is 4.68 Å². The fraction of sp³-hybridized carbons (Fsp3) is 0.565. The number of carbonyl (C=O) groups is 1. The van der Waals surface area contributed by atoms with E-state index in [-0.39, 0.29) is 11.8 Å². The van der Waals surface area contributed by atoms with E-state index in [1.54, 1.807) is 24.7 Å². The molecule has 2 bridgehead atoms. The Morgan fingerprint density at radius 3 is 2.62 bits per heavy atom. The van der Waals surface area contributed by atoms with Crippen LogP contribution in [0.4, 0.5) is 0 Å². The zero-order chi connectivity index (χ0) is 20.6. The second-order valence-electron chi connectivity index (χ2n) is 9.26. The number of fused-ring (bicyclic) bond motifs is 2. The SMILES string of the molecule is CC(C)(O)c1cn(-c2ccc(C[C@@H](C#N)CC(=O)[C@H]3C[C@@H]4CC[C@H]3C4)cc2)nn1. The van der Waals surface area contributed by atoms with Gasteiger partial charge < -0.3 is 5.11 Å². The number of nitriles is 1. The molecule has 0 spiro atoms. The van der Waals surface area contributed by atoms with Crippen LogP contribution >= 0.6 is 0 Å². The molecule has 2 fully saturated rings. The molecular formula is C23H28N4O2. The molecule has 2 aliphatic rings. The number of hydrogen-bond acceptors (Lipinski definition) is 5. The van der Waals surface area contributed by atoms with Crippen LogP contribution in [0, 0.1) is 35.0 Å². The highest BCUT2D eigenvalue weighted by Gasteiger charge is 2.43. The van der Waals surface area contributed by atoms with Gasteiger partial charge in [0, 0.05) is 12.3 Å². The lowest BCUT2D eigenvalue weighted by molar-refractivity contribution is -0.124. The van der Waals surface area contributed by atoms with Gasteiger partial charge in [-0.2, -0.15) is 5.26 Å². The molecule has 0 aliphatic heterocycles. The molecule has 0 radical (unpaired) electrons. The van der Waals surface area contributed by atoms with Crippen molar-refractivity contribution in [1.29, 1.82) is 5.26 Å². The molecule has 2 aliphatic carbocycles. The van der Waals surface area contributed by atoms with Gasteiger partial charge in [-0.1, -0.05) is 23.8 Å². The van der Waals surface area contributed by atoms with Gasteiger partial charge >= 0.3 is 0 Å². The minimum absolute atomic E-state index is 0.198. The van der Waals surface area contributed by atoms with Crippen molar-refractivity contribution < 1.29 is 9.90 Å². The predicted molar refractivity (Wildman–Crippen MR) is 108 cm³/mol. The van der Waals surface area contributed by atoms with Crippen molar-refractivity contribution in [1.82, 2.24) is 15.0 Å². The van der Waals surface area contributed by atoms with Crippen molar-refractivity contribution in [3.05, 3.63) is 41.7 Å². The third-order valence-electron chi connectivity index (χ3n) is 6.59. The lowest BCUT2D eigenvalue weighted by Gasteiger charge is -2.21. The number of Topliss-reactive ketones (excluding diaryl/α,β-unsaturated/α-hetero) is 1. The van der Waals surface area contributed by atoms with E-state index < -0.39 is 5.60 Å². The maximum atomic E-state index is 12.7.